The molecule has 1 heterocycles. The zero-order valence-corrected chi connectivity index (χ0v) is 19.0. The van der Waals surface area contributed by atoms with Gasteiger partial charge in [-0.25, -0.2) is 0 Å². The Labute approximate surface area is 187 Å². The highest BCUT2D eigenvalue weighted by molar-refractivity contribution is 5.95. The number of carbonyl (C=O) groups excluding carboxylic acids is 1. The number of amides is 1. The molecule has 2 N–H and O–H groups in total. The van der Waals surface area contributed by atoms with Crippen LogP contribution in [-0.4, -0.2) is 31.8 Å². The largest absolute Gasteiger partial charge is 0.493 e. The van der Waals surface area contributed by atoms with E-state index in [2.05, 4.69) is 5.32 Å². The fourth-order valence-corrected chi connectivity index (χ4v) is 3.50. The first-order chi connectivity index (χ1) is 15.2. The molecule has 0 aliphatic rings. The van der Waals surface area contributed by atoms with E-state index in [1.807, 2.05) is 37.3 Å². The quantitative estimate of drug-likeness (QED) is 0.521. The number of hydrogen-bond acceptors (Lipinski definition) is 6. The molecule has 3 rings (SSSR count). The lowest BCUT2D eigenvalue weighted by Crippen LogP contribution is -2.38. The molecule has 3 aromatic rings. The number of hydrogen-bond donors (Lipinski definition) is 2. The third-order valence-corrected chi connectivity index (χ3v) is 5.16. The molecule has 1 aromatic heterocycles. The summed E-state index contributed by atoms with van der Waals surface area (Å²) >= 11 is 0. The molecular weight excluding hydrogens is 410 g/mol. The first-order valence-electron chi connectivity index (χ1n) is 10.3. The monoisotopic (exact) mass is 439 g/mol. The van der Waals surface area contributed by atoms with Gasteiger partial charge in [0.25, 0.3) is 5.91 Å². The normalized spacial score (nSPS) is 12.7. The Morgan fingerprint density at radius 2 is 1.69 bits per heavy atom. The molecule has 1 amide bonds. The molecule has 0 bridgehead atoms. The van der Waals surface area contributed by atoms with Gasteiger partial charge in [-0.3, -0.25) is 4.79 Å². The topological polar surface area (TPSA) is 90.2 Å². The van der Waals surface area contributed by atoms with Crippen LogP contribution in [0.2, 0.25) is 0 Å². The summed E-state index contributed by atoms with van der Waals surface area (Å²) in [6.45, 7) is 5.55. The van der Waals surface area contributed by atoms with E-state index < -0.39 is 5.60 Å². The maximum Gasteiger partial charge on any atom is 0.251 e. The second kappa shape index (κ2) is 9.78. The molecule has 32 heavy (non-hydrogen) atoms. The number of furan rings is 1. The van der Waals surface area contributed by atoms with Crippen molar-refractivity contribution in [1.82, 2.24) is 5.32 Å². The Morgan fingerprint density at radius 1 is 1.06 bits per heavy atom. The first kappa shape index (κ1) is 23.2. The number of rotatable bonds is 9. The van der Waals surface area contributed by atoms with Crippen LogP contribution in [0.15, 0.2) is 52.9 Å². The highest BCUT2D eigenvalue weighted by Crippen LogP contribution is 2.39. The van der Waals surface area contributed by atoms with E-state index >= 15 is 0 Å². The summed E-state index contributed by atoms with van der Waals surface area (Å²) in [6.07, 6.45) is 0. The smallest absolute Gasteiger partial charge is 0.251 e. The van der Waals surface area contributed by atoms with E-state index in [4.69, 9.17) is 18.6 Å². The van der Waals surface area contributed by atoms with Crippen LogP contribution >= 0.6 is 0 Å². The molecule has 0 saturated carbocycles. The number of nitrogens with one attached hydrogen (secondary N) is 1. The molecule has 0 radical (unpaired) electrons. The van der Waals surface area contributed by atoms with E-state index in [9.17, 15) is 9.90 Å². The average Bonchev–Trinajstić information content (AvgIpc) is 3.14. The molecule has 0 fully saturated rings. The Hall–Kier alpha value is -3.45. The predicted octanol–water partition coefficient (Wildman–Crippen LogP) is 4.13. The van der Waals surface area contributed by atoms with Crippen LogP contribution in [0.25, 0.3) is 0 Å². The summed E-state index contributed by atoms with van der Waals surface area (Å²) < 4.78 is 22.3. The van der Waals surface area contributed by atoms with Gasteiger partial charge in [0.1, 0.15) is 23.7 Å². The Morgan fingerprint density at radius 3 is 2.22 bits per heavy atom. The number of aliphatic hydroxyl groups is 1. The maximum atomic E-state index is 12.8. The van der Waals surface area contributed by atoms with E-state index in [-0.39, 0.29) is 12.5 Å². The van der Waals surface area contributed by atoms with Crippen LogP contribution in [0, 0.1) is 13.8 Å². The predicted molar refractivity (Wildman–Crippen MR) is 120 cm³/mol. The van der Waals surface area contributed by atoms with Crippen molar-refractivity contribution in [3.63, 3.8) is 0 Å². The van der Waals surface area contributed by atoms with Crippen LogP contribution in [0.3, 0.4) is 0 Å². The molecule has 1 atom stereocenters. The van der Waals surface area contributed by atoms with Crippen molar-refractivity contribution in [3.8, 4) is 17.2 Å². The molecule has 0 aliphatic carbocycles. The standard InChI is InChI=1S/C25H29NO6/c1-16-11-20(17(2)32-16)25(3,28)15-26-24(27)19-12-21(29-4)23(22(13-19)30-5)31-14-18-9-7-6-8-10-18/h6-13,28H,14-15H2,1-5H3,(H,26,27)/t25-/m1/s1. The van der Waals surface area contributed by atoms with Crippen molar-refractivity contribution in [1.29, 1.82) is 0 Å². The molecule has 0 spiro atoms. The number of benzene rings is 2. The van der Waals surface area contributed by atoms with Gasteiger partial charge < -0.3 is 29.1 Å². The lowest BCUT2D eigenvalue weighted by molar-refractivity contribution is 0.0514. The lowest BCUT2D eigenvalue weighted by atomic mass is 9.96. The molecule has 170 valence electrons. The molecule has 0 unspecified atom stereocenters. The zero-order chi connectivity index (χ0) is 23.3. The number of ether oxygens (including phenoxy) is 3. The van der Waals surface area contributed by atoms with Crippen molar-refractivity contribution in [3.05, 3.63) is 76.7 Å². The number of methoxy groups -OCH3 is 2. The minimum Gasteiger partial charge on any atom is -0.493 e. The Balaban J connectivity index is 1.77. The van der Waals surface area contributed by atoms with Gasteiger partial charge in [0.15, 0.2) is 11.5 Å². The van der Waals surface area contributed by atoms with E-state index in [1.54, 1.807) is 32.0 Å². The number of carbonyl (C=O) groups is 1. The van der Waals surface area contributed by atoms with Gasteiger partial charge in [0.2, 0.25) is 5.75 Å². The summed E-state index contributed by atoms with van der Waals surface area (Å²) in [6, 6.07) is 14.6. The van der Waals surface area contributed by atoms with Gasteiger partial charge in [-0.1, -0.05) is 30.3 Å². The summed E-state index contributed by atoms with van der Waals surface area (Å²) in [5, 5.41) is 13.6. The van der Waals surface area contributed by atoms with Crippen LogP contribution in [0.5, 0.6) is 17.2 Å². The Bertz CT molecular complexity index is 1050. The van der Waals surface area contributed by atoms with Crippen LogP contribution in [0.4, 0.5) is 0 Å². The van der Waals surface area contributed by atoms with E-state index in [0.717, 1.165) is 5.56 Å². The minimum atomic E-state index is -1.29. The summed E-state index contributed by atoms with van der Waals surface area (Å²) in [7, 11) is 3.00. The second-order valence-electron chi connectivity index (χ2n) is 7.77. The van der Waals surface area contributed by atoms with Gasteiger partial charge in [0.05, 0.1) is 20.8 Å². The molecule has 0 saturated heterocycles. The van der Waals surface area contributed by atoms with Crippen LogP contribution in [0.1, 0.15) is 39.9 Å². The highest BCUT2D eigenvalue weighted by atomic mass is 16.5. The second-order valence-corrected chi connectivity index (χ2v) is 7.77. The fourth-order valence-electron chi connectivity index (χ4n) is 3.50. The van der Waals surface area contributed by atoms with E-state index in [1.165, 1.54) is 14.2 Å². The van der Waals surface area contributed by atoms with Gasteiger partial charge in [-0.2, -0.15) is 0 Å². The number of aryl methyl sites for hydroxylation is 2. The van der Waals surface area contributed by atoms with Gasteiger partial charge in [0, 0.05) is 11.1 Å². The third kappa shape index (κ3) is 5.23. The summed E-state index contributed by atoms with van der Waals surface area (Å²) in [5.74, 6) is 2.09. The lowest BCUT2D eigenvalue weighted by Gasteiger charge is -2.23. The van der Waals surface area contributed by atoms with Crippen molar-refractivity contribution in [2.75, 3.05) is 20.8 Å². The van der Waals surface area contributed by atoms with Crippen molar-refractivity contribution < 1.29 is 28.5 Å². The highest BCUT2D eigenvalue weighted by Gasteiger charge is 2.29. The van der Waals surface area contributed by atoms with Crippen molar-refractivity contribution >= 4 is 5.91 Å². The van der Waals surface area contributed by atoms with Gasteiger partial charge in [-0.15, -0.1) is 0 Å². The average molecular weight is 440 g/mol. The minimum absolute atomic E-state index is 0.00252. The fraction of sp³-hybridized carbons (Fsp3) is 0.320. The summed E-state index contributed by atoms with van der Waals surface area (Å²) in [5.41, 5.74) is 0.659. The summed E-state index contributed by atoms with van der Waals surface area (Å²) in [4.78, 5) is 12.8. The third-order valence-electron chi connectivity index (χ3n) is 5.16. The SMILES string of the molecule is COc1cc(C(=O)NC[C@@](C)(O)c2cc(C)oc2C)cc(OC)c1OCc1ccccc1. The van der Waals surface area contributed by atoms with Crippen molar-refractivity contribution in [2.45, 2.75) is 33.0 Å². The zero-order valence-electron chi connectivity index (χ0n) is 19.0. The van der Waals surface area contributed by atoms with Gasteiger partial charge in [-0.05, 0) is 44.5 Å². The van der Waals surface area contributed by atoms with Crippen molar-refractivity contribution in [2.24, 2.45) is 0 Å². The van der Waals surface area contributed by atoms with Crippen LogP contribution < -0.4 is 19.5 Å². The molecule has 7 nitrogen and oxygen atoms in total. The molecule has 2 aromatic carbocycles. The molecule has 7 heteroatoms. The van der Waals surface area contributed by atoms with Crippen LogP contribution in [-0.2, 0) is 12.2 Å². The maximum absolute atomic E-state index is 12.8. The molecule has 0 aliphatic heterocycles. The van der Waals surface area contributed by atoms with E-state index in [0.29, 0.717) is 46.5 Å². The van der Waals surface area contributed by atoms with Gasteiger partial charge >= 0.3 is 0 Å². The first-order valence-corrected chi connectivity index (χ1v) is 10.3. The Kier molecular flexibility index (Phi) is 7.10. The molecular formula is C25H29NO6.